The van der Waals surface area contributed by atoms with Crippen LogP contribution in [0.3, 0.4) is 0 Å². The fourth-order valence-corrected chi connectivity index (χ4v) is 3.18. The van der Waals surface area contributed by atoms with E-state index < -0.39 is 5.97 Å². The molecule has 29 heavy (non-hydrogen) atoms. The monoisotopic (exact) mass is 396 g/mol. The van der Waals surface area contributed by atoms with Crippen LogP contribution in [-0.2, 0) is 27.2 Å². The zero-order chi connectivity index (χ0) is 21.4. The first-order valence-corrected chi connectivity index (χ1v) is 9.87. The minimum Gasteiger partial charge on any atom is -0.462 e. The third kappa shape index (κ3) is 5.44. The second-order valence-electron chi connectivity index (χ2n) is 6.55. The van der Waals surface area contributed by atoms with Crippen molar-refractivity contribution in [3.63, 3.8) is 0 Å². The first kappa shape index (κ1) is 22.1. The summed E-state index contributed by atoms with van der Waals surface area (Å²) in [5.41, 5.74) is 3.48. The number of aryl methyl sites for hydroxylation is 2. The summed E-state index contributed by atoms with van der Waals surface area (Å²) < 4.78 is 5.08. The van der Waals surface area contributed by atoms with Crippen LogP contribution in [-0.4, -0.2) is 30.9 Å². The van der Waals surface area contributed by atoms with Crippen LogP contribution in [0.4, 0.5) is 11.4 Å². The topological polar surface area (TPSA) is 75.7 Å². The van der Waals surface area contributed by atoms with Gasteiger partial charge in [-0.3, -0.25) is 9.59 Å². The molecule has 154 valence electrons. The molecule has 0 atom stereocenters. The average Bonchev–Trinajstić information content (AvgIpc) is 2.72. The number of ether oxygens (including phenoxy) is 1. The second-order valence-corrected chi connectivity index (χ2v) is 6.55. The molecule has 2 aromatic carbocycles. The maximum Gasteiger partial charge on any atom is 0.340 e. The Morgan fingerprint density at radius 2 is 1.55 bits per heavy atom. The SMILES string of the molecule is CCOC(=O)c1ccccc1N(CC(=O)Nc1c(CC)cccc1CC)C(C)=O. The lowest BCUT2D eigenvalue weighted by Gasteiger charge is -2.23. The highest BCUT2D eigenvalue weighted by Gasteiger charge is 2.23. The van der Waals surface area contributed by atoms with E-state index in [1.807, 2.05) is 32.0 Å². The lowest BCUT2D eigenvalue weighted by molar-refractivity contribution is -0.120. The first-order chi connectivity index (χ1) is 13.9. The highest BCUT2D eigenvalue weighted by Crippen LogP contribution is 2.24. The smallest absolute Gasteiger partial charge is 0.340 e. The van der Waals surface area contributed by atoms with Gasteiger partial charge in [-0.25, -0.2) is 4.79 Å². The van der Waals surface area contributed by atoms with E-state index in [0.29, 0.717) is 5.69 Å². The van der Waals surface area contributed by atoms with Crippen LogP contribution in [0, 0.1) is 0 Å². The average molecular weight is 396 g/mol. The number of benzene rings is 2. The molecule has 0 spiro atoms. The maximum absolute atomic E-state index is 12.8. The molecule has 2 aromatic rings. The summed E-state index contributed by atoms with van der Waals surface area (Å²) in [5, 5.41) is 2.96. The fourth-order valence-electron chi connectivity index (χ4n) is 3.18. The minimum absolute atomic E-state index is 0.201. The van der Waals surface area contributed by atoms with Gasteiger partial charge in [0.1, 0.15) is 6.54 Å². The third-order valence-corrected chi connectivity index (χ3v) is 4.64. The number of amides is 2. The number of rotatable bonds is 8. The zero-order valence-electron chi connectivity index (χ0n) is 17.5. The van der Waals surface area contributed by atoms with Crippen LogP contribution in [0.15, 0.2) is 42.5 Å². The molecule has 0 aliphatic heterocycles. The van der Waals surface area contributed by atoms with Crippen LogP contribution in [0.25, 0.3) is 0 Å². The summed E-state index contributed by atoms with van der Waals surface area (Å²) in [5.74, 6) is -1.19. The Morgan fingerprint density at radius 1 is 0.931 bits per heavy atom. The highest BCUT2D eigenvalue weighted by molar-refractivity contribution is 6.06. The molecule has 0 aliphatic carbocycles. The van der Waals surface area contributed by atoms with Gasteiger partial charge in [0.05, 0.1) is 17.9 Å². The molecular formula is C23H28N2O4. The van der Waals surface area contributed by atoms with E-state index in [2.05, 4.69) is 5.32 Å². The maximum atomic E-state index is 12.8. The summed E-state index contributed by atoms with van der Waals surface area (Å²) in [6, 6.07) is 12.6. The molecule has 0 saturated carbocycles. The summed E-state index contributed by atoms with van der Waals surface area (Å²) >= 11 is 0. The number of hydrogen-bond acceptors (Lipinski definition) is 4. The van der Waals surface area contributed by atoms with Crippen molar-refractivity contribution in [2.75, 3.05) is 23.4 Å². The van der Waals surface area contributed by atoms with E-state index in [-0.39, 0.29) is 30.5 Å². The predicted octanol–water partition coefficient (Wildman–Crippen LogP) is 3.98. The Hall–Kier alpha value is -3.15. The van der Waals surface area contributed by atoms with Gasteiger partial charge >= 0.3 is 5.97 Å². The van der Waals surface area contributed by atoms with Crippen LogP contribution < -0.4 is 10.2 Å². The van der Waals surface area contributed by atoms with Crippen molar-refractivity contribution in [1.29, 1.82) is 0 Å². The number of carbonyl (C=O) groups is 3. The standard InChI is InChI=1S/C23H28N2O4/c1-5-17-11-10-12-18(6-2)22(17)24-21(27)15-25(16(4)26)20-14-9-8-13-19(20)23(28)29-7-3/h8-14H,5-7,15H2,1-4H3,(H,24,27). The molecule has 6 nitrogen and oxygen atoms in total. The van der Waals surface area contributed by atoms with Crippen molar-refractivity contribution in [2.24, 2.45) is 0 Å². The summed E-state index contributed by atoms with van der Waals surface area (Å²) in [6.45, 7) is 7.16. The van der Waals surface area contributed by atoms with Crippen LogP contribution in [0.1, 0.15) is 49.2 Å². The molecule has 0 aliphatic rings. The number of esters is 1. The predicted molar refractivity (Wildman–Crippen MR) is 114 cm³/mol. The highest BCUT2D eigenvalue weighted by atomic mass is 16.5. The third-order valence-electron chi connectivity index (χ3n) is 4.64. The van der Waals surface area contributed by atoms with Gasteiger partial charge in [-0.1, -0.05) is 44.2 Å². The molecule has 0 bridgehead atoms. The Labute approximate surface area is 171 Å². The Morgan fingerprint density at radius 3 is 2.10 bits per heavy atom. The molecule has 2 amide bonds. The minimum atomic E-state index is -0.528. The van der Waals surface area contributed by atoms with Crippen molar-refractivity contribution >= 4 is 29.2 Å². The molecule has 0 heterocycles. The first-order valence-electron chi connectivity index (χ1n) is 9.87. The largest absolute Gasteiger partial charge is 0.462 e. The lowest BCUT2D eigenvalue weighted by atomic mass is 10.0. The van der Waals surface area contributed by atoms with E-state index in [1.165, 1.54) is 11.8 Å². The van der Waals surface area contributed by atoms with E-state index in [9.17, 15) is 14.4 Å². The quantitative estimate of drug-likeness (QED) is 0.685. The van der Waals surface area contributed by atoms with Gasteiger partial charge < -0.3 is 15.0 Å². The van der Waals surface area contributed by atoms with Gasteiger partial charge in [0, 0.05) is 12.6 Å². The van der Waals surface area contributed by atoms with Gasteiger partial charge in [-0.2, -0.15) is 0 Å². The van der Waals surface area contributed by atoms with Gasteiger partial charge in [-0.15, -0.1) is 0 Å². The van der Waals surface area contributed by atoms with Crippen molar-refractivity contribution in [2.45, 2.75) is 40.5 Å². The lowest BCUT2D eigenvalue weighted by Crippen LogP contribution is -2.38. The summed E-state index contributed by atoms with van der Waals surface area (Å²) in [6.07, 6.45) is 1.57. The normalized spacial score (nSPS) is 10.3. The summed E-state index contributed by atoms with van der Waals surface area (Å²) in [7, 11) is 0. The van der Waals surface area contributed by atoms with Crippen LogP contribution in [0.2, 0.25) is 0 Å². The Bertz CT molecular complexity index is 870. The van der Waals surface area contributed by atoms with Gasteiger partial charge in [0.15, 0.2) is 0 Å². The Kier molecular flexibility index (Phi) is 7.95. The van der Waals surface area contributed by atoms with Crippen molar-refractivity contribution in [3.8, 4) is 0 Å². The molecule has 0 aromatic heterocycles. The number of nitrogens with one attached hydrogen (secondary N) is 1. The van der Waals surface area contributed by atoms with Crippen molar-refractivity contribution in [1.82, 2.24) is 0 Å². The number of hydrogen-bond donors (Lipinski definition) is 1. The molecular weight excluding hydrogens is 368 g/mol. The van der Waals surface area contributed by atoms with E-state index in [4.69, 9.17) is 4.74 Å². The zero-order valence-corrected chi connectivity index (χ0v) is 17.5. The molecule has 0 saturated heterocycles. The van der Waals surface area contributed by atoms with Gasteiger partial charge in [-0.05, 0) is 43.0 Å². The van der Waals surface area contributed by atoms with Crippen molar-refractivity contribution < 1.29 is 19.1 Å². The van der Waals surface area contributed by atoms with Crippen LogP contribution in [0.5, 0.6) is 0 Å². The number of carbonyl (C=O) groups excluding carboxylic acids is 3. The number of anilines is 2. The van der Waals surface area contributed by atoms with Gasteiger partial charge in [0.2, 0.25) is 11.8 Å². The molecule has 1 N–H and O–H groups in total. The molecule has 2 rings (SSSR count). The molecule has 6 heteroatoms. The number of para-hydroxylation sites is 2. The van der Waals surface area contributed by atoms with E-state index in [0.717, 1.165) is 29.7 Å². The second kappa shape index (κ2) is 10.4. The molecule has 0 radical (unpaired) electrons. The number of nitrogens with zero attached hydrogens (tertiary/aromatic N) is 1. The molecule has 0 unspecified atom stereocenters. The fraction of sp³-hybridized carbons (Fsp3) is 0.348. The van der Waals surface area contributed by atoms with Gasteiger partial charge in [0.25, 0.3) is 0 Å². The van der Waals surface area contributed by atoms with E-state index >= 15 is 0 Å². The summed E-state index contributed by atoms with van der Waals surface area (Å²) in [4.78, 5) is 38.7. The van der Waals surface area contributed by atoms with Crippen LogP contribution >= 0.6 is 0 Å². The Balaban J connectivity index is 2.31. The van der Waals surface area contributed by atoms with E-state index in [1.54, 1.807) is 31.2 Å². The molecule has 0 fully saturated rings. The van der Waals surface area contributed by atoms with Crippen molar-refractivity contribution in [3.05, 3.63) is 59.2 Å².